The molecule has 0 spiro atoms. The lowest BCUT2D eigenvalue weighted by molar-refractivity contribution is -0.143. The second kappa shape index (κ2) is 16.6. The van der Waals surface area contributed by atoms with Crippen LogP contribution in [0.5, 0.6) is 0 Å². The SMILES string of the molecule is CCCCCCCCC1OC1CCCCCCCC(=O)OCCCCO. The molecule has 0 bridgehead atoms. The highest BCUT2D eigenvalue weighted by molar-refractivity contribution is 5.69. The van der Waals surface area contributed by atoms with E-state index >= 15 is 0 Å². The van der Waals surface area contributed by atoms with Crippen LogP contribution in [0.2, 0.25) is 0 Å². The summed E-state index contributed by atoms with van der Waals surface area (Å²) in [6.45, 7) is 2.88. The van der Waals surface area contributed by atoms with E-state index in [0.717, 1.165) is 19.3 Å². The van der Waals surface area contributed by atoms with E-state index < -0.39 is 0 Å². The molecule has 1 saturated heterocycles. The van der Waals surface area contributed by atoms with E-state index in [9.17, 15) is 4.79 Å². The molecule has 1 aliphatic rings. The normalized spacial score (nSPS) is 18.8. The standard InChI is InChI=1S/C22H42O4/c1-2-3-4-5-7-10-15-20-21(26-20)16-11-8-6-9-12-17-22(24)25-19-14-13-18-23/h20-21,23H,2-19H2,1H3. The van der Waals surface area contributed by atoms with Gasteiger partial charge in [0.2, 0.25) is 0 Å². The third-order valence-electron chi connectivity index (χ3n) is 5.21. The Morgan fingerprint density at radius 2 is 1.38 bits per heavy atom. The Labute approximate surface area is 161 Å². The fourth-order valence-electron chi connectivity index (χ4n) is 3.43. The Bertz CT molecular complexity index is 332. The van der Waals surface area contributed by atoms with Crippen molar-refractivity contribution in [2.24, 2.45) is 0 Å². The van der Waals surface area contributed by atoms with Crippen LogP contribution in [0.1, 0.15) is 110 Å². The molecule has 0 radical (unpaired) electrons. The van der Waals surface area contributed by atoms with Crippen molar-refractivity contribution < 1.29 is 19.4 Å². The summed E-state index contributed by atoms with van der Waals surface area (Å²) in [6, 6.07) is 0. The maximum atomic E-state index is 11.5. The number of carbonyl (C=O) groups is 1. The van der Waals surface area contributed by atoms with Crippen LogP contribution < -0.4 is 0 Å². The zero-order valence-electron chi connectivity index (χ0n) is 17.1. The summed E-state index contributed by atoms with van der Waals surface area (Å²) >= 11 is 0. The van der Waals surface area contributed by atoms with Gasteiger partial charge in [0.05, 0.1) is 18.8 Å². The lowest BCUT2D eigenvalue weighted by Crippen LogP contribution is -2.06. The molecule has 2 unspecified atom stereocenters. The topological polar surface area (TPSA) is 59.1 Å². The number of unbranched alkanes of at least 4 members (excludes halogenated alkanes) is 10. The van der Waals surface area contributed by atoms with Gasteiger partial charge in [-0.2, -0.15) is 0 Å². The van der Waals surface area contributed by atoms with Gasteiger partial charge in [0.15, 0.2) is 0 Å². The highest BCUT2D eigenvalue weighted by Crippen LogP contribution is 2.31. The highest BCUT2D eigenvalue weighted by Gasteiger charge is 2.36. The Kier molecular flexibility index (Phi) is 14.9. The maximum absolute atomic E-state index is 11.5. The van der Waals surface area contributed by atoms with Crippen LogP contribution in [0.15, 0.2) is 0 Å². The van der Waals surface area contributed by atoms with Crippen LogP contribution in [0.3, 0.4) is 0 Å². The largest absolute Gasteiger partial charge is 0.466 e. The Morgan fingerprint density at radius 3 is 2.00 bits per heavy atom. The molecule has 2 atom stereocenters. The average molecular weight is 371 g/mol. The first kappa shape index (κ1) is 23.4. The molecule has 1 N–H and O–H groups in total. The Hall–Kier alpha value is -0.610. The van der Waals surface area contributed by atoms with Gasteiger partial charge in [-0.25, -0.2) is 0 Å². The van der Waals surface area contributed by atoms with Crippen molar-refractivity contribution in [2.45, 2.75) is 122 Å². The van der Waals surface area contributed by atoms with E-state index in [1.54, 1.807) is 0 Å². The number of carbonyl (C=O) groups excluding carboxylic acids is 1. The van der Waals surface area contributed by atoms with Gasteiger partial charge in [-0.3, -0.25) is 4.79 Å². The van der Waals surface area contributed by atoms with E-state index in [1.807, 2.05) is 0 Å². The van der Waals surface area contributed by atoms with Crippen LogP contribution in [-0.4, -0.2) is 36.5 Å². The number of esters is 1. The molecule has 154 valence electrons. The summed E-state index contributed by atoms with van der Waals surface area (Å²) in [5.41, 5.74) is 0. The summed E-state index contributed by atoms with van der Waals surface area (Å²) in [7, 11) is 0. The molecule has 1 aliphatic heterocycles. The van der Waals surface area contributed by atoms with Crippen LogP contribution >= 0.6 is 0 Å². The fraction of sp³-hybridized carbons (Fsp3) is 0.955. The first-order valence-corrected chi connectivity index (χ1v) is 11.2. The second-order valence-corrected chi connectivity index (χ2v) is 7.73. The zero-order chi connectivity index (χ0) is 18.9. The molecule has 4 heteroatoms. The molecule has 26 heavy (non-hydrogen) atoms. The van der Waals surface area contributed by atoms with E-state index in [4.69, 9.17) is 14.6 Å². The zero-order valence-corrected chi connectivity index (χ0v) is 17.1. The number of aliphatic hydroxyl groups excluding tert-OH is 1. The predicted octanol–water partition coefficient (Wildman–Crippen LogP) is 5.55. The fourth-order valence-corrected chi connectivity index (χ4v) is 3.43. The Balaban J connectivity index is 1.77. The van der Waals surface area contributed by atoms with Crippen molar-refractivity contribution in [3.63, 3.8) is 0 Å². The minimum Gasteiger partial charge on any atom is -0.466 e. The molecule has 0 amide bonds. The average Bonchev–Trinajstić information content (AvgIpc) is 3.39. The lowest BCUT2D eigenvalue weighted by Gasteiger charge is -2.04. The summed E-state index contributed by atoms with van der Waals surface area (Å²) in [6.07, 6.45) is 19.5. The molecule has 0 aromatic carbocycles. The van der Waals surface area contributed by atoms with E-state index in [-0.39, 0.29) is 12.6 Å². The molecule has 0 aromatic heterocycles. The van der Waals surface area contributed by atoms with Crippen LogP contribution in [0.4, 0.5) is 0 Å². The number of rotatable bonds is 19. The molecule has 1 rings (SSSR count). The van der Waals surface area contributed by atoms with Gasteiger partial charge in [-0.05, 0) is 32.1 Å². The van der Waals surface area contributed by atoms with Gasteiger partial charge in [-0.1, -0.05) is 71.1 Å². The first-order chi connectivity index (χ1) is 12.8. The van der Waals surface area contributed by atoms with Crippen molar-refractivity contribution in [1.82, 2.24) is 0 Å². The van der Waals surface area contributed by atoms with Crippen molar-refractivity contribution >= 4 is 5.97 Å². The summed E-state index contributed by atoms with van der Waals surface area (Å²) in [5.74, 6) is -0.0909. The summed E-state index contributed by atoms with van der Waals surface area (Å²) < 4.78 is 10.9. The van der Waals surface area contributed by atoms with Gasteiger partial charge < -0.3 is 14.6 Å². The van der Waals surface area contributed by atoms with Gasteiger partial charge >= 0.3 is 5.97 Å². The molecular formula is C22H42O4. The van der Waals surface area contributed by atoms with Crippen molar-refractivity contribution in [1.29, 1.82) is 0 Å². The summed E-state index contributed by atoms with van der Waals surface area (Å²) in [5, 5.41) is 8.65. The second-order valence-electron chi connectivity index (χ2n) is 7.73. The van der Waals surface area contributed by atoms with Crippen LogP contribution in [0.25, 0.3) is 0 Å². The maximum Gasteiger partial charge on any atom is 0.305 e. The highest BCUT2D eigenvalue weighted by atomic mass is 16.6. The number of hydrogen-bond donors (Lipinski definition) is 1. The van der Waals surface area contributed by atoms with E-state index in [2.05, 4.69) is 6.92 Å². The van der Waals surface area contributed by atoms with E-state index in [1.165, 1.54) is 70.6 Å². The first-order valence-electron chi connectivity index (χ1n) is 11.2. The van der Waals surface area contributed by atoms with E-state index in [0.29, 0.717) is 31.7 Å². The monoisotopic (exact) mass is 370 g/mol. The van der Waals surface area contributed by atoms with Crippen LogP contribution in [-0.2, 0) is 14.3 Å². The number of epoxide rings is 1. The smallest absolute Gasteiger partial charge is 0.305 e. The third-order valence-corrected chi connectivity index (χ3v) is 5.21. The van der Waals surface area contributed by atoms with Gasteiger partial charge in [0.25, 0.3) is 0 Å². The van der Waals surface area contributed by atoms with Gasteiger partial charge in [0, 0.05) is 13.0 Å². The molecular weight excluding hydrogens is 328 g/mol. The molecule has 1 heterocycles. The third kappa shape index (κ3) is 13.6. The number of aliphatic hydroxyl groups is 1. The number of hydrogen-bond acceptors (Lipinski definition) is 4. The molecule has 1 fully saturated rings. The quantitative estimate of drug-likeness (QED) is 0.184. The molecule has 0 aromatic rings. The number of ether oxygens (including phenoxy) is 2. The molecule has 0 saturated carbocycles. The Morgan fingerprint density at radius 1 is 0.808 bits per heavy atom. The molecule has 4 nitrogen and oxygen atoms in total. The minimum atomic E-state index is -0.0909. The van der Waals surface area contributed by atoms with Crippen LogP contribution in [0, 0.1) is 0 Å². The van der Waals surface area contributed by atoms with Crippen molar-refractivity contribution in [3.05, 3.63) is 0 Å². The van der Waals surface area contributed by atoms with Gasteiger partial charge in [0.1, 0.15) is 0 Å². The summed E-state index contributed by atoms with van der Waals surface area (Å²) in [4.78, 5) is 11.5. The lowest BCUT2D eigenvalue weighted by atomic mass is 10.0. The predicted molar refractivity (Wildman–Crippen MR) is 106 cm³/mol. The van der Waals surface area contributed by atoms with Crippen molar-refractivity contribution in [3.8, 4) is 0 Å². The molecule has 0 aliphatic carbocycles. The van der Waals surface area contributed by atoms with Gasteiger partial charge in [-0.15, -0.1) is 0 Å². The van der Waals surface area contributed by atoms with Crippen molar-refractivity contribution in [2.75, 3.05) is 13.2 Å². The minimum absolute atomic E-state index is 0.0909.